The van der Waals surface area contributed by atoms with Crippen molar-refractivity contribution in [2.45, 2.75) is 0 Å². The van der Waals surface area contributed by atoms with Crippen LogP contribution in [0.4, 0.5) is 0 Å². The Morgan fingerprint density at radius 1 is 0.367 bits per heavy atom. The highest BCUT2D eigenvalue weighted by molar-refractivity contribution is 6.27. The summed E-state index contributed by atoms with van der Waals surface area (Å²) < 4.78 is 6.56. The van der Waals surface area contributed by atoms with E-state index in [0.29, 0.717) is 5.89 Å². The highest BCUT2D eigenvalue weighted by Crippen LogP contribution is 2.47. The van der Waals surface area contributed by atoms with Crippen LogP contribution in [0.1, 0.15) is 0 Å². The summed E-state index contributed by atoms with van der Waals surface area (Å²) in [4.78, 5) is 4.90. The molecule has 228 valence electrons. The molecule has 10 rings (SSSR count). The number of benzene rings is 9. The van der Waals surface area contributed by atoms with Gasteiger partial charge in [-0.25, -0.2) is 4.98 Å². The molecule has 0 saturated carbocycles. The first kappa shape index (κ1) is 27.6. The second kappa shape index (κ2) is 11.0. The maximum Gasteiger partial charge on any atom is 0.227 e. The van der Waals surface area contributed by atoms with Gasteiger partial charge in [0.1, 0.15) is 5.52 Å². The summed E-state index contributed by atoms with van der Waals surface area (Å²) in [7, 11) is 0. The fourth-order valence-corrected chi connectivity index (χ4v) is 7.70. The zero-order valence-electron chi connectivity index (χ0n) is 26.6. The number of oxazole rings is 1. The van der Waals surface area contributed by atoms with Crippen LogP contribution in [-0.2, 0) is 0 Å². The topological polar surface area (TPSA) is 26.0 Å². The third-order valence-corrected chi connectivity index (χ3v) is 9.86. The molecule has 0 aliphatic carbocycles. The molecule has 1 aromatic heterocycles. The summed E-state index contributed by atoms with van der Waals surface area (Å²) in [6, 6.07) is 62.9. The van der Waals surface area contributed by atoms with Crippen LogP contribution >= 0.6 is 0 Å². The number of nitrogens with zero attached hydrogens (tertiary/aromatic N) is 1. The van der Waals surface area contributed by atoms with Crippen molar-refractivity contribution < 1.29 is 4.42 Å². The predicted octanol–water partition coefficient (Wildman–Crippen LogP) is 13.1. The predicted molar refractivity (Wildman–Crippen MR) is 206 cm³/mol. The average Bonchev–Trinajstić information content (AvgIpc) is 3.62. The molecule has 49 heavy (non-hydrogen) atoms. The van der Waals surface area contributed by atoms with E-state index >= 15 is 0 Å². The summed E-state index contributed by atoms with van der Waals surface area (Å²) >= 11 is 0. The SMILES string of the molecule is c1ccc(-c2cccc(-c3c4ccccc4c(-c4cc5ccc6nc(-c7ccccc7)oc6c5c5ccccc45)c4ccccc34)c2)cc1. The van der Waals surface area contributed by atoms with Crippen molar-refractivity contribution in [3.63, 3.8) is 0 Å². The first-order valence-electron chi connectivity index (χ1n) is 16.7. The van der Waals surface area contributed by atoms with Crippen LogP contribution in [0.25, 0.3) is 99.0 Å². The fraction of sp³-hybridized carbons (Fsp3) is 0. The molecular weight excluding hydrogens is 595 g/mol. The van der Waals surface area contributed by atoms with Crippen LogP contribution in [0, 0.1) is 0 Å². The highest BCUT2D eigenvalue weighted by atomic mass is 16.3. The van der Waals surface area contributed by atoms with Gasteiger partial charge in [-0.2, -0.15) is 0 Å². The number of hydrogen-bond donors (Lipinski definition) is 0. The third kappa shape index (κ3) is 4.38. The molecule has 0 radical (unpaired) electrons. The Kier molecular flexibility index (Phi) is 6.22. The standard InChI is InChI=1S/C47H29NO/c1-3-14-30(15-4-1)32-18-13-19-33(28-32)43-37-22-9-11-24-39(37)45(40-25-12-10-23-38(40)43)41-29-34-26-27-42-46(44(34)36-21-8-7-20-35(36)41)49-47(48-42)31-16-5-2-6-17-31/h1-29H. The minimum atomic E-state index is 0.639. The van der Waals surface area contributed by atoms with Crippen molar-refractivity contribution in [2.75, 3.05) is 0 Å². The van der Waals surface area contributed by atoms with Crippen molar-refractivity contribution >= 4 is 54.2 Å². The van der Waals surface area contributed by atoms with E-state index in [1.54, 1.807) is 0 Å². The summed E-state index contributed by atoms with van der Waals surface area (Å²) in [5.41, 5.74) is 10.0. The molecule has 0 amide bonds. The molecule has 0 aliphatic heterocycles. The molecule has 2 heteroatoms. The van der Waals surface area contributed by atoms with Crippen molar-refractivity contribution in [1.82, 2.24) is 4.98 Å². The maximum atomic E-state index is 6.56. The van der Waals surface area contributed by atoms with Crippen LogP contribution in [0.2, 0.25) is 0 Å². The van der Waals surface area contributed by atoms with Crippen molar-refractivity contribution in [2.24, 2.45) is 0 Å². The van der Waals surface area contributed by atoms with E-state index in [0.717, 1.165) is 32.8 Å². The minimum absolute atomic E-state index is 0.639. The first-order valence-corrected chi connectivity index (χ1v) is 16.7. The van der Waals surface area contributed by atoms with Gasteiger partial charge in [-0.05, 0) is 101 Å². The van der Waals surface area contributed by atoms with Gasteiger partial charge in [-0.15, -0.1) is 0 Å². The average molecular weight is 624 g/mol. The number of aromatic nitrogens is 1. The molecule has 0 saturated heterocycles. The van der Waals surface area contributed by atoms with E-state index < -0.39 is 0 Å². The van der Waals surface area contributed by atoms with Gasteiger partial charge in [0.05, 0.1) is 0 Å². The Morgan fingerprint density at radius 3 is 1.57 bits per heavy atom. The van der Waals surface area contributed by atoms with Gasteiger partial charge in [-0.3, -0.25) is 0 Å². The zero-order chi connectivity index (χ0) is 32.3. The van der Waals surface area contributed by atoms with Gasteiger partial charge in [0.25, 0.3) is 0 Å². The van der Waals surface area contributed by atoms with E-state index in [-0.39, 0.29) is 0 Å². The van der Waals surface area contributed by atoms with Gasteiger partial charge < -0.3 is 4.42 Å². The Balaban J connectivity index is 1.27. The van der Waals surface area contributed by atoms with E-state index in [4.69, 9.17) is 9.40 Å². The lowest BCUT2D eigenvalue weighted by atomic mass is 9.83. The molecule has 10 aromatic rings. The molecule has 2 nitrogen and oxygen atoms in total. The van der Waals surface area contributed by atoms with Gasteiger partial charge in [0, 0.05) is 10.9 Å². The summed E-state index contributed by atoms with van der Waals surface area (Å²) in [5, 5.41) is 9.51. The fourth-order valence-electron chi connectivity index (χ4n) is 7.70. The smallest absolute Gasteiger partial charge is 0.227 e. The van der Waals surface area contributed by atoms with Crippen LogP contribution in [-0.4, -0.2) is 4.98 Å². The van der Waals surface area contributed by atoms with Gasteiger partial charge >= 0.3 is 0 Å². The first-order chi connectivity index (χ1) is 24.3. The molecule has 9 aromatic carbocycles. The number of fused-ring (bicyclic) bond motifs is 7. The number of hydrogen-bond acceptors (Lipinski definition) is 2. The Bertz CT molecular complexity index is 2810. The second-order valence-corrected chi connectivity index (χ2v) is 12.7. The van der Waals surface area contributed by atoms with E-state index in [1.807, 2.05) is 30.3 Å². The normalized spacial score (nSPS) is 11.7. The molecule has 0 aliphatic rings. The van der Waals surface area contributed by atoms with E-state index in [9.17, 15) is 0 Å². The van der Waals surface area contributed by atoms with Crippen molar-refractivity contribution in [3.8, 4) is 44.8 Å². The monoisotopic (exact) mass is 623 g/mol. The van der Waals surface area contributed by atoms with Crippen LogP contribution in [0.15, 0.2) is 180 Å². The highest BCUT2D eigenvalue weighted by Gasteiger charge is 2.21. The molecule has 0 unspecified atom stereocenters. The largest absolute Gasteiger partial charge is 0.435 e. The lowest BCUT2D eigenvalue weighted by molar-refractivity contribution is 0.623. The zero-order valence-corrected chi connectivity index (χ0v) is 26.6. The van der Waals surface area contributed by atoms with Crippen LogP contribution < -0.4 is 0 Å². The van der Waals surface area contributed by atoms with Gasteiger partial charge in [0.2, 0.25) is 5.89 Å². The van der Waals surface area contributed by atoms with Crippen molar-refractivity contribution in [3.05, 3.63) is 176 Å². The van der Waals surface area contributed by atoms with Crippen molar-refractivity contribution in [1.29, 1.82) is 0 Å². The molecule has 0 N–H and O–H groups in total. The van der Waals surface area contributed by atoms with E-state index in [2.05, 4.69) is 146 Å². The molecular formula is C47H29NO. The molecule has 0 atom stereocenters. The maximum absolute atomic E-state index is 6.56. The number of rotatable bonds is 4. The molecule has 1 heterocycles. The second-order valence-electron chi connectivity index (χ2n) is 12.7. The summed E-state index contributed by atoms with van der Waals surface area (Å²) in [6.07, 6.45) is 0. The summed E-state index contributed by atoms with van der Waals surface area (Å²) in [5.74, 6) is 0.639. The third-order valence-electron chi connectivity index (χ3n) is 9.86. The van der Waals surface area contributed by atoms with Gasteiger partial charge in [0.15, 0.2) is 5.58 Å². The van der Waals surface area contributed by atoms with E-state index in [1.165, 1.54) is 60.3 Å². The lowest BCUT2D eigenvalue weighted by Crippen LogP contribution is -1.92. The Hall–Kier alpha value is -6.51. The molecule has 0 spiro atoms. The molecule has 0 bridgehead atoms. The Morgan fingerprint density at radius 2 is 0.898 bits per heavy atom. The van der Waals surface area contributed by atoms with Crippen LogP contribution in [0.3, 0.4) is 0 Å². The summed E-state index contributed by atoms with van der Waals surface area (Å²) in [6.45, 7) is 0. The Labute approximate surface area is 283 Å². The molecule has 0 fully saturated rings. The van der Waals surface area contributed by atoms with Gasteiger partial charge in [-0.1, -0.05) is 146 Å². The quantitative estimate of drug-likeness (QED) is 0.144. The minimum Gasteiger partial charge on any atom is -0.435 e. The van der Waals surface area contributed by atoms with Crippen LogP contribution in [0.5, 0.6) is 0 Å². The lowest BCUT2D eigenvalue weighted by Gasteiger charge is -2.20.